The number of methoxy groups -OCH3 is 3. The van der Waals surface area contributed by atoms with Crippen molar-refractivity contribution in [3.63, 3.8) is 0 Å². The fraction of sp³-hybridized carbons (Fsp3) is 0.385. The molecular weight excluding hydrogens is 491 g/mol. The zero-order chi connectivity index (χ0) is 26.1. The molecule has 1 saturated heterocycles. The van der Waals surface area contributed by atoms with E-state index in [-0.39, 0.29) is 37.6 Å². The van der Waals surface area contributed by atoms with Gasteiger partial charge in [0.15, 0.2) is 6.67 Å². The van der Waals surface area contributed by atoms with Crippen molar-refractivity contribution in [2.24, 2.45) is 0 Å². The van der Waals surface area contributed by atoms with Crippen LogP contribution in [0.15, 0.2) is 36.4 Å². The third-order valence-corrected chi connectivity index (χ3v) is 6.26. The largest absolute Gasteiger partial charge is 0.497 e. The van der Waals surface area contributed by atoms with E-state index in [0.717, 1.165) is 5.56 Å². The summed E-state index contributed by atoms with van der Waals surface area (Å²) in [5, 5.41) is 3.18. The van der Waals surface area contributed by atoms with Crippen molar-refractivity contribution in [3.8, 4) is 29.1 Å². The van der Waals surface area contributed by atoms with Gasteiger partial charge in [0.2, 0.25) is 5.91 Å². The van der Waals surface area contributed by atoms with E-state index in [9.17, 15) is 14.0 Å². The lowest BCUT2D eigenvalue weighted by atomic mass is 9.85. The Kier molecular flexibility index (Phi) is 9.39. The molecule has 1 aliphatic heterocycles. The Bertz CT molecular complexity index is 1160. The number of anilines is 1. The third kappa shape index (κ3) is 5.83. The van der Waals surface area contributed by atoms with Crippen molar-refractivity contribution in [3.05, 3.63) is 47.0 Å². The molecule has 1 N–H and O–H groups in total. The number of hydrogen-bond donors (Lipinski definition) is 1. The first-order chi connectivity index (χ1) is 17.4. The summed E-state index contributed by atoms with van der Waals surface area (Å²) in [4.78, 5) is 28.4. The molecule has 1 heterocycles. The van der Waals surface area contributed by atoms with Crippen LogP contribution < -0.4 is 24.4 Å². The summed E-state index contributed by atoms with van der Waals surface area (Å²) >= 11 is 6.34. The predicted molar refractivity (Wildman–Crippen MR) is 133 cm³/mol. The Balaban J connectivity index is 2.01. The van der Waals surface area contributed by atoms with E-state index in [4.69, 9.17) is 30.5 Å². The minimum Gasteiger partial charge on any atom is -0.497 e. The highest BCUT2D eigenvalue weighted by Gasteiger charge is 2.48. The van der Waals surface area contributed by atoms with Gasteiger partial charge in [-0.1, -0.05) is 17.5 Å². The molecule has 2 amide bonds. The molecule has 2 aromatic carbocycles. The highest BCUT2D eigenvalue weighted by molar-refractivity contribution is 6.32. The van der Waals surface area contributed by atoms with Crippen molar-refractivity contribution in [1.29, 1.82) is 0 Å². The van der Waals surface area contributed by atoms with Gasteiger partial charge in [-0.25, -0.2) is 4.39 Å². The number of rotatable bonds is 8. The monoisotopic (exact) mass is 518 g/mol. The standard InChI is InChI=1S/C26H28ClFN2O6/c1-33-20-8-6-18(23(16-20)35-3)17-29-25(32)26(10-13-36-14-11-26)30(24(31)5-4-12-28)19-7-9-22(34-2)21(27)15-19/h6-9,15-16H,10-14,17H2,1-3H3,(H,29,32). The highest BCUT2D eigenvalue weighted by Crippen LogP contribution is 2.37. The van der Waals surface area contributed by atoms with Crippen molar-refractivity contribution in [1.82, 2.24) is 5.32 Å². The van der Waals surface area contributed by atoms with Crippen LogP contribution in [-0.4, -0.2) is 58.6 Å². The summed E-state index contributed by atoms with van der Waals surface area (Å²) in [6.07, 6.45) is 0.399. The SMILES string of the molecule is COc1ccc(CNC(=O)C2(N(C(=O)C#CCF)c3ccc(OC)c(Cl)c3)CCOCC2)c(OC)c1. The number of nitrogens with one attached hydrogen (secondary N) is 1. The van der Waals surface area contributed by atoms with Gasteiger partial charge >= 0.3 is 5.91 Å². The van der Waals surface area contributed by atoms with E-state index in [1.807, 2.05) is 0 Å². The molecule has 0 bridgehead atoms. The number of nitrogens with zero attached hydrogens (tertiary/aromatic N) is 1. The molecule has 192 valence electrons. The van der Waals surface area contributed by atoms with Crippen molar-refractivity contribution in [2.75, 3.05) is 46.1 Å². The molecule has 2 aromatic rings. The highest BCUT2D eigenvalue weighted by atomic mass is 35.5. The van der Waals surface area contributed by atoms with Crippen LogP contribution in [0.25, 0.3) is 0 Å². The van der Waals surface area contributed by atoms with Crippen LogP contribution in [0.4, 0.5) is 10.1 Å². The Labute approximate surface area is 214 Å². The molecular formula is C26H28ClFN2O6. The van der Waals surface area contributed by atoms with E-state index in [1.165, 1.54) is 25.2 Å². The predicted octanol–water partition coefficient (Wildman–Crippen LogP) is 3.54. The van der Waals surface area contributed by atoms with E-state index < -0.39 is 24.0 Å². The molecule has 3 rings (SSSR count). The Morgan fingerprint density at radius 1 is 1.08 bits per heavy atom. The quantitative estimate of drug-likeness (QED) is 0.538. The fourth-order valence-corrected chi connectivity index (χ4v) is 4.37. The van der Waals surface area contributed by atoms with Crippen molar-refractivity contribution < 1.29 is 32.9 Å². The van der Waals surface area contributed by atoms with Gasteiger partial charge in [0.25, 0.3) is 0 Å². The molecule has 0 aliphatic carbocycles. The van der Waals surface area contributed by atoms with Crippen molar-refractivity contribution >= 4 is 29.1 Å². The smallest absolute Gasteiger partial charge is 0.303 e. The summed E-state index contributed by atoms with van der Waals surface area (Å²) in [6, 6.07) is 9.98. The molecule has 1 aliphatic rings. The minimum absolute atomic E-state index is 0.135. The number of carbonyl (C=O) groups is 2. The van der Waals surface area contributed by atoms with E-state index in [1.54, 1.807) is 37.4 Å². The molecule has 0 aromatic heterocycles. The summed E-state index contributed by atoms with van der Waals surface area (Å²) in [6.45, 7) is -0.383. The summed E-state index contributed by atoms with van der Waals surface area (Å²) in [5.74, 6) is 4.87. The first-order valence-corrected chi connectivity index (χ1v) is 11.6. The maximum Gasteiger partial charge on any atom is 0.303 e. The van der Waals surface area contributed by atoms with Gasteiger partial charge in [0, 0.05) is 49.9 Å². The average Bonchev–Trinajstić information content (AvgIpc) is 2.91. The van der Waals surface area contributed by atoms with Gasteiger partial charge in [0.05, 0.1) is 26.4 Å². The lowest BCUT2D eigenvalue weighted by Crippen LogP contribution is -2.63. The van der Waals surface area contributed by atoms with Gasteiger partial charge in [-0.2, -0.15) is 0 Å². The van der Waals surface area contributed by atoms with Crippen LogP contribution in [-0.2, 0) is 20.9 Å². The van der Waals surface area contributed by atoms with Crippen LogP contribution in [0.3, 0.4) is 0 Å². The number of carbonyl (C=O) groups excluding carboxylic acids is 2. The number of amides is 2. The molecule has 1 fully saturated rings. The van der Waals surface area contributed by atoms with Gasteiger partial charge in [0.1, 0.15) is 22.8 Å². The fourth-order valence-electron chi connectivity index (χ4n) is 4.12. The van der Waals surface area contributed by atoms with Crippen LogP contribution in [0.2, 0.25) is 5.02 Å². The van der Waals surface area contributed by atoms with Gasteiger partial charge in [-0.15, -0.1) is 0 Å². The van der Waals surface area contributed by atoms with Crippen LogP contribution in [0.5, 0.6) is 17.2 Å². The summed E-state index contributed by atoms with van der Waals surface area (Å²) in [7, 11) is 4.54. The van der Waals surface area contributed by atoms with Gasteiger partial charge in [-0.3, -0.25) is 14.5 Å². The second kappa shape index (κ2) is 12.5. The molecule has 0 radical (unpaired) electrons. The van der Waals surface area contributed by atoms with Crippen LogP contribution in [0, 0.1) is 11.8 Å². The summed E-state index contributed by atoms with van der Waals surface area (Å²) < 4.78 is 34.2. The first-order valence-electron chi connectivity index (χ1n) is 11.2. The average molecular weight is 519 g/mol. The number of ether oxygens (including phenoxy) is 4. The molecule has 0 spiro atoms. The second-order valence-corrected chi connectivity index (χ2v) is 8.31. The van der Waals surface area contributed by atoms with E-state index >= 15 is 0 Å². The first kappa shape index (κ1) is 27.1. The lowest BCUT2D eigenvalue weighted by molar-refractivity contribution is -0.133. The second-order valence-electron chi connectivity index (χ2n) is 7.90. The number of alkyl halides is 1. The van der Waals surface area contributed by atoms with Gasteiger partial charge < -0.3 is 24.3 Å². The van der Waals surface area contributed by atoms with Crippen LogP contribution >= 0.6 is 11.6 Å². The van der Waals surface area contributed by atoms with Crippen LogP contribution in [0.1, 0.15) is 18.4 Å². The number of hydrogen-bond acceptors (Lipinski definition) is 6. The van der Waals surface area contributed by atoms with Gasteiger partial charge in [-0.05, 0) is 36.3 Å². The molecule has 0 saturated carbocycles. The minimum atomic E-state index is -1.35. The topological polar surface area (TPSA) is 86.3 Å². The molecule has 8 nitrogen and oxygen atoms in total. The molecule has 36 heavy (non-hydrogen) atoms. The Morgan fingerprint density at radius 3 is 2.42 bits per heavy atom. The van der Waals surface area contributed by atoms with E-state index in [0.29, 0.717) is 22.9 Å². The zero-order valence-electron chi connectivity index (χ0n) is 20.4. The number of benzene rings is 2. The lowest BCUT2D eigenvalue weighted by Gasteiger charge is -2.44. The third-order valence-electron chi connectivity index (χ3n) is 5.96. The molecule has 0 unspecified atom stereocenters. The maximum absolute atomic E-state index is 13.8. The Hall–Kier alpha value is -3.48. The Morgan fingerprint density at radius 2 is 1.81 bits per heavy atom. The summed E-state index contributed by atoms with van der Waals surface area (Å²) in [5.41, 5.74) is -0.299. The van der Waals surface area contributed by atoms with E-state index in [2.05, 4.69) is 17.2 Å². The zero-order valence-corrected chi connectivity index (χ0v) is 21.1. The molecule has 10 heteroatoms. The maximum atomic E-state index is 13.8. The van der Waals surface area contributed by atoms with Crippen molar-refractivity contribution in [2.45, 2.75) is 24.9 Å². The molecule has 0 atom stereocenters. The number of halogens is 2. The normalized spacial score (nSPS) is 14.1.